The molecule has 0 aliphatic rings. The van der Waals surface area contributed by atoms with Crippen LogP contribution < -0.4 is 10.6 Å². The number of carbonyl (C=O) groups excluding carboxylic acids is 1. The van der Waals surface area contributed by atoms with Crippen molar-refractivity contribution >= 4 is 5.91 Å². The van der Waals surface area contributed by atoms with E-state index in [0.717, 1.165) is 5.56 Å². The molecule has 2 aromatic rings. The van der Waals surface area contributed by atoms with Crippen molar-refractivity contribution in [2.75, 3.05) is 6.54 Å². The van der Waals surface area contributed by atoms with Crippen molar-refractivity contribution < 1.29 is 4.79 Å². The molecule has 4 nitrogen and oxygen atoms in total. The number of nitrogens with one attached hydrogen (secondary N) is 2. The summed E-state index contributed by atoms with van der Waals surface area (Å²) < 4.78 is 0. The largest absolute Gasteiger partial charge is 0.351 e. The number of pyridine rings is 1. The Morgan fingerprint density at radius 3 is 2.35 bits per heavy atom. The fourth-order valence-corrected chi connectivity index (χ4v) is 1.79. The molecule has 2 N–H and O–H groups in total. The highest BCUT2D eigenvalue weighted by molar-refractivity contribution is 5.77. The van der Waals surface area contributed by atoms with Gasteiger partial charge in [-0.15, -0.1) is 0 Å². The topological polar surface area (TPSA) is 54.0 Å². The number of aryl methyl sites for hydroxylation is 1. The van der Waals surface area contributed by atoms with E-state index < -0.39 is 0 Å². The van der Waals surface area contributed by atoms with Crippen molar-refractivity contribution in [1.82, 2.24) is 15.6 Å². The summed E-state index contributed by atoms with van der Waals surface area (Å²) in [5.74, 6) is -0.00563. The second kappa shape index (κ2) is 7.40. The van der Waals surface area contributed by atoms with Crippen LogP contribution in [0.25, 0.3) is 0 Å². The smallest absolute Gasteiger partial charge is 0.234 e. The average Bonchev–Trinajstić information content (AvgIpc) is 2.48. The highest BCUT2D eigenvalue weighted by atomic mass is 16.1. The lowest BCUT2D eigenvalue weighted by atomic mass is 10.1. The maximum atomic E-state index is 11.7. The predicted octanol–water partition coefficient (Wildman–Crippen LogP) is 1.80. The molecular weight excluding hydrogens is 250 g/mol. The van der Waals surface area contributed by atoms with Gasteiger partial charge in [0, 0.05) is 25.5 Å². The Morgan fingerprint density at radius 2 is 1.65 bits per heavy atom. The molecule has 2 rings (SSSR count). The van der Waals surface area contributed by atoms with Gasteiger partial charge in [0.15, 0.2) is 0 Å². The average molecular weight is 269 g/mol. The summed E-state index contributed by atoms with van der Waals surface area (Å²) in [6.45, 7) is 3.61. The molecular formula is C16H19N3O. The fraction of sp³-hybridized carbons (Fsp3) is 0.250. The highest BCUT2D eigenvalue weighted by Crippen LogP contribution is 2.02. The van der Waals surface area contributed by atoms with Crippen LogP contribution in [0, 0.1) is 6.92 Å². The molecule has 1 amide bonds. The minimum Gasteiger partial charge on any atom is -0.351 e. The Labute approximate surface area is 119 Å². The van der Waals surface area contributed by atoms with Gasteiger partial charge in [0.25, 0.3) is 0 Å². The first-order valence-corrected chi connectivity index (χ1v) is 6.66. The monoisotopic (exact) mass is 269 g/mol. The Hall–Kier alpha value is -2.20. The van der Waals surface area contributed by atoms with Crippen LogP contribution in [0.4, 0.5) is 0 Å². The second-order valence-corrected chi connectivity index (χ2v) is 4.72. The summed E-state index contributed by atoms with van der Waals surface area (Å²) in [5.41, 5.74) is 3.47. The Morgan fingerprint density at radius 1 is 1.00 bits per heavy atom. The van der Waals surface area contributed by atoms with Gasteiger partial charge in [-0.25, -0.2) is 0 Å². The van der Waals surface area contributed by atoms with Gasteiger partial charge in [0.05, 0.1) is 6.54 Å². The van der Waals surface area contributed by atoms with Gasteiger partial charge in [-0.05, 0) is 30.2 Å². The molecule has 0 fully saturated rings. The number of hydrogen-bond donors (Lipinski definition) is 2. The van der Waals surface area contributed by atoms with Crippen LogP contribution in [0.15, 0.2) is 48.8 Å². The number of nitrogens with zero attached hydrogens (tertiary/aromatic N) is 1. The highest BCUT2D eigenvalue weighted by Gasteiger charge is 2.00. The van der Waals surface area contributed by atoms with Crippen LogP contribution >= 0.6 is 0 Å². The van der Waals surface area contributed by atoms with Crippen LogP contribution in [0.5, 0.6) is 0 Å². The molecule has 0 spiro atoms. The zero-order valence-electron chi connectivity index (χ0n) is 11.6. The van der Waals surface area contributed by atoms with E-state index in [9.17, 15) is 4.79 Å². The lowest BCUT2D eigenvalue weighted by Gasteiger charge is -2.07. The van der Waals surface area contributed by atoms with E-state index >= 15 is 0 Å². The third kappa shape index (κ3) is 4.82. The van der Waals surface area contributed by atoms with Crippen molar-refractivity contribution in [3.8, 4) is 0 Å². The fourth-order valence-electron chi connectivity index (χ4n) is 1.79. The molecule has 0 aliphatic heterocycles. The molecule has 0 bridgehead atoms. The molecule has 0 saturated heterocycles. The van der Waals surface area contributed by atoms with E-state index in [1.165, 1.54) is 11.1 Å². The molecule has 0 radical (unpaired) electrons. The zero-order chi connectivity index (χ0) is 14.2. The summed E-state index contributed by atoms with van der Waals surface area (Å²) in [6.07, 6.45) is 3.44. The van der Waals surface area contributed by atoms with Gasteiger partial charge in [-0.1, -0.05) is 29.8 Å². The van der Waals surface area contributed by atoms with Crippen LogP contribution in [-0.2, 0) is 17.9 Å². The SMILES string of the molecule is Cc1ccc(CNCC(=O)NCc2ccncc2)cc1. The predicted molar refractivity (Wildman–Crippen MR) is 79.0 cm³/mol. The van der Waals surface area contributed by atoms with Crippen molar-refractivity contribution in [2.45, 2.75) is 20.0 Å². The lowest BCUT2D eigenvalue weighted by molar-refractivity contribution is -0.120. The Balaban J connectivity index is 1.66. The van der Waals surface area contributed by atoms with Crippen LogP contribution in [0.2, 0.25) is 0 Å². The Kier molecular flexibility index (Phi) is 5.26. The normalized spacial score (nSPS) is 10.2. The Bertz CT molecular complexity index is 537. The lowest BCUT2D eigenvalue weighted by Crippen LogP contribution is -2.33. The first-order valence-electron chi connectivity index (χ1n) is 6.66. The molecule has 1 aromatic carbocycles. The van der Waals surface area contributed by atoms with Crippen LogP contribution in [0.1, 0.15) is 16.7 Å². The minimum atomic E-state index is -0.00563. The summed E-state index contributed by atoms with van der Waals surface area (Å²) >= 11 is 0. The van der Waals surface area contributed by atoms with E-state index in [0.29, 0.717) is 19.6 Å². The van der Waals surface area contributed by atoms with Crippen LogP contribution in [0.3, 0.4) is 0 Å². The summed E-state index contributed by atoms with van der Waals surface area (Å²) in [7, 11) is 0. The number of rotatable bonds is 6. The number of aromatic nitrogens is 1. The van der Waals surface area contributed by atoms with Gasteiger partial charge >= 0.3 is 0 Å². The van der Waals surface area contributed by atoms with E-state index in [2.05, 4.69) is 46.8 Å². The third-order valence-electron chi connectivity index (χ3n) is 2.97. The number of carbonyl (C=O) groups is 1. The molecule has 0 unspecified atom stereocenters. The van der Waals surface area contributed by atoms with Crippen molar-refractivity contribution in [2.24, 2.45) is 0 Å². The molecule has 0 aliphatic carbocycles. The van der Waals surface area contributed by atoms with Crippen molar-refractivity contribution in [1.29, 1.82) is 0 Å². The second-order valence-electron chi connectivity index (χ2n) is 4.72. The van der Waals surface area contributed by atoms with Crippen LogP contribution in [-0.4, -0.2) is 17.4 Å². The molecule has 104 valence electrons. The molecule has 1 aromatic heterocycles. The maximum Gasteiger partial charge on any atom is 0.234 e. The molecule has 4 heteroatoms. The number of amides is 1. The number of hydrogen-bond acceptors (Lipinski definition) is 3. The van der Waals surface area contributed by atoms with E-state index in [1.807, 2.05) is 12.1 Å². The zero-order valence-corrected chi connectivity index (χ0v) is 11.6. The summed E-state index contributed by atoms with van der Waals surface area (Å²) in [6, 6.07) is 12.1. The molecule has 20 heavy (non-hydrogen) atoms. The molecule has 0 saturated carbocycles. The first kappa shape index (κ1) is 14.2. The van der Waals surface area contributed by atoms with Gasteiger partial charge in [0.2, 0.25) is 5.91 Å². The standard InChI is InChI=1S/C16H19N3O/c1-13-2-4-14(5-3-13)10-18-12-16(20)19-11-15-6-8-17-9-7-15/h2-9,18H,10-12H2,1H3,(H,19,20). The summed E-state index contributed by atoms with van der Waals surface area (Å²) in [5, 5.41) is 6.00. The third-order valence-corrected chi connectivity index (χ3v) is 2.97. The van der Waals surface area contributed by atoms with Gasteiger partial charge in [-0.3, -0.25) is 9.78 Å². The van der Waals surface area contributed by atoms with Gasteiger partial charge in [0.1, 0.15) is 0 Å². The summed E-state index contributed by atoms with van der Waals surface area (Å²) in [4.78, 5) is 15.6. The quantitative estimate of drug-likeness (QED) is 0.840. The van der Waals surface area contributed by atoms with Gasteiger partial charge in [-0.2, -0.15) is 0 Å². The van der Waals surface area contributed by atoms with Crippen molar-refractivity contribution in [3.05, 3.63) is 65.5 Å². The van der Waals surface area contributed by atoms with E-state index in [-0.39, 0.29) is 5.91 Å². The van der Waals surface area contributed by atoms with Gasteiger partial charge < -0.3 is 10.6 Å². The minimum absolute atomic E-state index is 0.00563. The molecule has 0 atom stereocenters. The molecule has 1 heterocycles. The van der Waals surface area contributed by atoms with E-state index in [4.69, 9.17) is 0 Å². The number of benzene rings is 1. The first-order chi connectivity index (χ1) is 9.74. The maximum absolute atomic E-state index is 11.7. The van der Waals surface area contributed by atoms with Crippen molar-refractivity contribution in [3.63, 3.8) is 0 Å². The van der Waals surface area contributed by atoms with E-state index in [1.54, 1.807) is 12.4 Å².